The third-order valence-electron chi connectivity index (χ3n) is 3.21. The Hall–Kier alpha value is -2.56. The molecule has 0 saturated carbocycles. The van der Waals surface area contributed by atoms with E-state index in [1.807, 2.05) is 26.0 Å². The zero-order valence-corrected chi connectivity index (χ0v) is 10.6. The predicted octanol–water partition coefficient (Wildman–Crippen LogP) is 2.87. The number of carbonyl (C=O) groups is 1. The molecule has 96 valence electrons. The molecule has 0 aliphatic rings. The van der Waals surface area contributed by atoms with Crippen LogP contribution < -0.4 is 0 Å². The van der Waals surface area contributed by atoms with Gasteiger partial charge in [0.1, 0.15) is 5.69 Å². The highest BCUT2D eigenvalue weighted by atomic mass is 16.4. The highest BCUT2D eigenvalue weighted by Gasteiger charge is 2.15. The molecule has 0 unspecified atom stereocenters. The second kappa shape index (κ2) is 3.98. The van der Waals surface area contributed by atoms with Crippen molar-refractivity contribution >= 4 is 16.9 Å². The van der Waals surface area contributed by atoms with Gasteiger partial charge in [-0.25, -0.2) is 4.79 Å². The minimum atomic E-state index is -1.01. The van der Waals surface area contributed by atoms with Crippen molar-refractivity contribution in [2.45, 2.75) is 13.8 Å². The Morgan fingerprint density at radius 3 is 2.74 bits per heavy atom. The molecule has 0 atom stereocenters. The average molecular weight is 255 g/mol. The van der Waals surface area contributed by atoms with Gasteiger partial charge in [-0.3, -0.25) is 5.10 Å². The second-order valence-corrected chi connectivity index (χ2v) is 4.65. The molecule has 3 N–H and O–H groups in total. The summed E-state index contributed by atoms with van der Waals surface area (Å²) in [6.07, 6.45) is 0. The van der Waals surface area contributed by atoms with Gasteiger partial charge in [0, 0.05) is 22.2 Å². The minimum Gasteiger partial charge on any atom is -0.477 e. The molecule has 3 rings (SSSR count). The highest BCUT2D eigenvalue weighted by molar-refractivity contribution is 5.98. The van der Waals surface area contributed by atoms with Crippen LogP contribution in [0.5, 0.6) is 0 Å². The molecule has 0 saturated heterocycles. The fourth-order valence-electron chi connectivity index (χ4n) is 2.33. The molecule has 0 spiro atoms. The topological polar surface area (TPSA) is 81.8 Å². The Morgan fingerprint density at radius 2 is 2.05 bits per heavy atom. The molecule has 1 aromatic carbocycles. The fraction of sp³-hybridized carbons (Fsp3) is 0.143. The van der Waals surface area contributed by atoms with Gasteiger partial charge in [-0.2, -0.15) is 5.10 Å². The largest absolute Gasteiger partial charge is 0.477 e. The first-order valence-corrected chi connectivity index (χ1v) is 5.94. The van der Waals surface area contributed by atoms with Gasteiger partial charge in [0.15, 0.2) is 0 Å². The van der Waals surface area contributed by atoms with Crippen LogP contribution in [-0.2, 0) is 0 Å². The van der Waals surface area contributed by atoms with Gasteiger partial charge < -0.3 is 10.1 Å². The van der Waals surface area contributed by atoms with Crippen molar-refractivity contribution in [2.75, 3.05) is 0 Å². The lowest BCUT2D eigenvalue weighted by atomic mass is 10.1. The summed E-state index contributed by atoms with van der Waals surface area (Å²) in [5.74, 6) is -1.01. The van der Waals surface area contributed by atoms with E-state index in [1.165, 1.54) is 0 Å². The summed E-state index contributed by atoms with van der Waals surface area (Å²) in [5, 5.41) is 16.6. The van der Waals surface area contributed by atoms with Crippen LogP contribution in [0.3, 0.4) is 0 Å². The summed E-state index contributed by atoms with van der Waals surface area (Å²) < 4.78 is 0. The van der Waals surface area contributed by atoms with Crippen LogP contribution in [0.15, 0.2) is 24.3 Å². The molecule has 5 nitrogen and oxygen atoms in total. The maximum Gasteiger partial charge on any atom is 0.353 e. The average Bonchev–Trinajstić information content (AvgIpc) is 2.92. The first kappa shape index (κ1) is 11.5. The summed E-state index contributed by atoms with van der Waals surface area (Å²) in [6.45, 7) is 3.98. The molecule has 5 heteroatoms. The maximum atomic E-state index is 10.9. The lowest BCUT2D eigenvalue weighted by Gasteiger charge is -1.97. The highest BCUT2D eigenvalue weighted by Crippen LogP contribution is 2.31. The Morgan fingerprint density at radius 1 is 1.26 bits per heavy atom. The van der Waals surface area contributed by atoms with E-state index >= 15 is 0 Å². The molecular formula is C14H13N3O2. The monoisotopic (exact) mass is 255 g/mol. The van der Waals surface area contributed by atoms with Crippen LogP contribution in [0.25, 0.3) is 22.2 Å². The number of benzene rings is 1. The number of nitrogens with one attached hydrogen (secondary N) is 2. The lowest BCUT2D eigenvalue weighted by Crippen LogP contribution is -1.95. The molecule has 2 aromatic heterocycles. The summed E-state index contributed by atoms with van der Waals surface area (Å²) in [5.41, 5.74) is 4.84. The minimum absolute atomic E-state index is 0.0939. The van der Waals surface area contributed by atoms with Gasteiger partial charge in [-0.1, -0.05) is 11.6 Å². The van der Waals surface area contributed by atoms with Gasteiger partial charge in [0.05, 0.1) is 5.69 Å². The van der Waals surface area contributed by atoms with E-state index in [0.717, 1.165) is 27.7 Å². The number of hydrogen-bond donors (Lipinski definition) is 3. The summed E-state index contributed by atoms with van der Waals surface area (Å²) >= 11 is 0. The van der Waals surface area contributed by atoms with Crippen molar-refractivity contribution in [3.8, 4) is 11.3 Å². The first-order chi connectivity index (χ1) is 9.06. The van der Waals surface area contributed by atoms with E-state index in [9.17, 15) is 4.79 Å². The number of H-pyrrole nitrogens is 2. The molecule has 0 radical (unpaired) electrons. The van der Waals surface area contributed by atoms with Crippen molar-refractivity contribution in [3.63, 3.8) is 0 Å². The second-order valence-electron chi connectivity index (χ2n) is 4.65. The quantitative estimate of drug-likeness (QED) is 0.658. The number of fused-ring (bicyclic) bond motifs is 1. The molecular weight excluding hydrogens is 242 g/mol. The van der Waals surface area contributed by atoms with Crippen LogP contribution in [0, 0.1) is 13.8 Å². The molecule has 0 fully saturated rings. The fourth-order valence-corrected chi connectivity index (χ4v) is 2.33. The van der Waals surface area contributed by atoms with Gasteiger partial charge in [0.2, 0.25) is 0 Å². The molecule has 2 heterocycles. The normalized spacial score (nSPS) is 11.1. The number of aromatic amines is 2. The lowest BCUT2D eigenvalue weighted by molar-refractivity contribution is 0.0690. The number of carboxylic acids is 1. The smallest absolute Gasteiger partial charge is 0.353 e. The number of aryl methyl sites for hydroxylation is 2. The number of hydrogen-bond acceptors (Lipinski definition) is 2. The van der Waals surface area contributed by atoms with Gasteiger partial charge >= 0.3 is 5.97 Å². The van der Waals surface area contributed by atoms with Crippen molar-refractivity contribution < 1.29 is 9.90 Å². The number of rotatable bonds is 2. The predicted molar refractivity (Wildman–Crippen MR) is 72.3 cm³/mol. The SMILES string of the molecule is Cc1ccc2[nH]c(C)c(-c3cc(C(=O)O)[nH]n3)c2c1. The standard InChI is InChI=1S/C14H13N3O2/c1-7-3-4-10-9(5-7)13(8(2)15-10)11-6-12(14(18)19)17-16-11/h3-6,15H,1-2H3,(H,16,17)(H,18,19). The number of carboxylic acid groups (broad SMARTS) is 1. The Labute approximate surface area is 109 Å². The van der Waals surface area contributed by atoms with Gasteiger partial charge in [-0.05, 0) is 32.0 Å². The molecule has 3 aromatic rings. The van der Waals surface area contributed by atoms with Gasteiger partial charge in [-0.15, -0.1) is 0 Å². The van der Waals surface area contributed by atoms with E-state index in [1.54, 1.807) is 6.07 Å². The molecule has 0 aliphatic carbocycles. The van der Waals surface area contributed by atoms with E-state index in [2.05, 4.69) is 21.2 Å². The third-order valence-corrected chi connectivity index (χ3v) is 3.21. The molecule has 19 heavy (non-hydrogen) atoms. The summed E-state index contributed by atoms with van der Waals surface area (Å²) in [7, 11) is 0. The van der Waals surface area contributed by atoms with Gasteiger partial charge in [0.25, 0.3) is 0 Å². The van der Waals surface area contributed by atoms with E-state index in [4.69, 9.17) is 5.11 Å². The maximum absolute atomic E-state index is 10.9. The number of aromatic carboxylic acids is 1. The zero-order valence-electron chi connectivity index (χ0n) is 10.6. The van der Waals surface area contributed by atoms with E-state index in [0.29, 0.717) is 5.69 Å². The summed E-state index contributed by atoms with van der Waals surface area (Å²) in [4.78, 5) is 14.2. The summed E-state index contributed by atoms with van der Waals surface area (Å²) in [6, 6.07) is 7.69. The molecule has 0 amide bonds. The zero-order chi connectivity index (χ0) is 13.6. The van der Waals surface area contributed by atoms with Crippen molar-refractivity contribution in [1.82, 2.24) is 15.2 Å². The van der Waals surface area contributed by atoms with Crippen LogP contribution in [0.2, 0.25) is 0 Å². The van der Waals surface area contributed by atoms with Crippen molar-refractivity contribution in [2.24, 2.45) is 0 Å². The third kappa shape index (κ3) is 1.79. The Balaban J connectivity index is 2.25. The molecule has 0 bridgehead atoms. The molecule has 0 aliphatic heterocycles. The van der Waals surface area contributed by atoms with Crippen molar-refractivity contribution in [3.05, 3.63) is 41.2 Å². The number of nitrogens with zero attached hydrogens (tertiary/aromatic N) is 1. The Bertz CT molecular complexity index is 783. The number of aromatic nitrogens is 3. The van der Waals surface area contributed by atoms with Crippen LogP contribution in [-0.4, -0.2) is 26.3 Å². The van der Waals surface area contributed by atoms with E-state index < -0.39 is 5.97 Å². The first-order valence-electron chi connectivity index (χ1n) is 5.94. The van der Waals surface area contributed by atoms with Crippen LogP contribution >= 0.6 is 0 Å². The van der Waals surface area contributed by atoms with Crippen LogP contribution in [0.4, 0.5) is 0 Å². The van der Waals surface area contributed by atoms with Crippen molar-refractivity contribution in [1.29, 1.82) is 0 Å². The Kier molecular flexibility index (Phi) is 2.41. The van der Waals surface area contributed by atoms with Crippen LogP contribution in [0.1, 0.15) is 21.7 Å². The van der Waals surface area contributed by atoms with E-state index in [-0.39, 0.29) is 5.69 Å².